The first-order chi connectivity index (χ1) is 8.63. The van der Waals surface area contributed by atoms with E-state index >= 15 is 0 Å². The summed E-state index contributed by atoms with van der Waals surface area (Å²) < 4.78 is 2.80. The van der Waals surface area contributed by atoms with Crippen molar-refractivity contribution in [2.24, 2.45) is 7.05 Å². The van der Waals surface area contributed by atoms with Gasteiger partial charge in [-0.25, -0.2) is 0 Å². The lowest BCUT2D eigenvalue weighted by molar-refractivity contribution is -0.116. The normalized spacial score (nSPS) is 10.6. The van der Waals surface area contributed by atoms with Crippen LogP contribution in [0, 0.1) is 0 Å². The van der Waals surface area contributed by atoms with E-state index in [4.69, 9.17) is 0 Å². The zero-order valence-electron chi connectivity index (χ0n) is 10.0. The molecule has 1 N–H and O–H groups in total. The van der Waals surface area contributed by atoms with E-state index in [0.29, 0.717) is 12.2 Å². The lowest BCUT2D eigenvalue weighted by Gasteiger charge is -2.01. The molecule has 0 saturated carbocycles. The molecule has 2 heterocycles. The Labute approximate surface area is 118 Å². The molecule has 6 heteroatoms. The van der Waals surface area contributed by atoms with Crippen LogP contribution in [0.5, 0.6) is 0 Å². The molecular formula is C12H14BrN3OS. The van der Waals surface area contributed by atoms with Crippen LogP contribution in [-0.4, -0.2) is 15.7 Å². The van der Waals surface area contributed by atoms with E-state index < -0.39 is 0 Å². The molecule has 0 atom stereocenters. The first kappa shape index (κ1) is 13.3. The SMILES string of the molecule is Cn1ccc(NC(=O)CCCc2ccc(Br)s2)n1. The van der Waals surface area contributed by atoms with Crippen LogP contribution in [0.3, 0.4) is 0 Å². The fourth-order valence-corrected chi connectivity index (χ4v) is 3.12. The molecular weight excluding hydrogens is 314 g/mol. The van der Waals surface area contributed by atoms with Crippen molar-refractivity contribution in [2.75, 3.05) is 5.32 Å². The van der Waals surface area contributed by atoms with E-state index in [9.17, 15) is 4.79 Å². The van der Waals surface area contributed by atoms with Gasteiger partial charge in [0.05, 0.1) is 3.79 Å². The van der Waals surface area contributed by atoms with Crippen molar-refractivity contribution in [1.29, 1.82) is 0 Å². The van der Waals surface area contributed by atoms with Gasteiger partial charge in [-0.1, -0.05) is 0 Å². The van der Waals surface area contributed by atoms with Gasteiger partial charge in [0.25, 0.3) is 0 Å². The first-order valence-electron chi connectivity index (χ1n) is 5.67. The Morgan fingerprint density at radius 2 is 2.33 bits per heavy atom. The third kappa shape index (κ3) is 3.96. The Morgan fingerprint density at radius 3 is 2.94 bits per heavy atom. The van der Waals surface area contributed by atoms with Gasteiger partial charge in [0.1, 0.15) is 0 Å². The number of hydrogen-bond acceptors (Lipinski definition) is 3. The largest absolute Gasteiger partial charge is 0.309 e. The molecule has 0 radical (unpaired) electrons. The fraction of sp³-hybridized carbons (Fsp3) is 0.333. The molecule has 0 fully saturated rings. The Balaban J connectivity index is 1.72. The quantitative estimate of drug-likeness (QED) is 0.916. The number of rotatable bonds is 5. The first-order valence-corrected chi connectivity index (χ1v) is 7.28. The molecule has 0 aliphatic heterocycles. The second-order valence-corrected chi connectivity index (χ2v) is 6.53. The molecule has 0 aromatic carbocycles. The molecule has 96 valence electrons. The molecule has 0 aliphatic carbocycles. The Kier molecular flexibility index (Phi) is 4.54. The van der Waals surface area contributed by atoms with E-state index in [-0.39, 0.29) is 5.91 Å². The van der Waals surface area contributed by atoms with Gasteiger partial charge in [0, 0.05) is 30.6 Å². The van der Waals surface area contributed by atoms with Crippen LogP contribution in [0.4, 0.5) is 5.82 Å². The zero-order chi connectivity index (χ0) is 13.0. The number of aromatic nitrogens is 2. The van der Waals surface area contributed by atoms with Gasteiger partial charge >= 0.3 is 0 Å². The predicted molar refractivity (Wildman–Crippen MR) is 76.8 cm³/mol. The summed E-state index contributed by atoms with van der Waals surface area (Å²) in [5.41, 5.74) is 0. The number of hydrogen-bond donors (Lipinski definition) is 1. The van der Waals surface area contributed by atoms with Gasteiger partial charge in [0.2, 0.25) is 5.91 Å². The van der Waals surface area contributed by atoms with Crippen LogP contribution in [0.15, 0.2) is 28.2 Å². The smallest absolute Gasteiger partial charge is 0.225 e. The van der Waals surface area contributed by atoms with Gasteiger partial charge in [-0.05, 0) is 40.9 Å². The van der Waals surface area contributed by atoms with Crippen molar-refractivity contribution in [3.63, 3.8) is 0 Å². The van der Waals surface area contributed by atoms with E-state index in [1.807, 2.05) is 13.1 Å². The maximum atomic E-state index is 11.7. The summed E-state index contributed by atoms with van der Waals surface area (Å²) in [7, 11) is 1.82. The third-order valence-electron chi connectivity index (χ3n) is 2.44. The molecule has 2 aromatic rings. The summed E-state index contributed by atoms with van der Waals surface area (Å²) in [5, 5.41) is 6.88. The van der Waals surface area contributed by atoms with Crippen LogP contribution >= 0.6 is 27.3 Å². The van der Waals surface area contributed by atoms with Crippen molar-refractivity contribution >= 4 is 39.0 Å². The number of thiophene rings is 1. The van der Waals surface area contributed by atoms with Crippen LogP contribution in [0.25, 0.3) is 0 Å². The highest BCUT2D eigenvalue weighted by Crippen LogP contribution is 2.23. The van der Waals surface area contributed by atoms with Crippen LogP contribution in [-0.2, 0) is 18.3 Å². The van der Waals surface area contributed by atoms with Crippen molar-refractivity contribution in [2.45, 2.75) is 19.3 Å². The standard InChI is InChI=1S/C12H14BrN3OS/c1-16-8-7-11(15-16)14-12(17)4-2-3-9-5-6-10(13)18-9/h5-8H,2-4H2,1H3,(H,14,15,17). The minimum absolute atomic E-state index is 0.0179. The number of carbonyl (C=O) groups excluding carboxylic acids is 1. The van der Waals surface area contributed by atoms with E-state index in [2.05, 4.69) is 32.4 Å². The second kappa shape index (κ2) is 6.15. The lowest BCUT2D eigenvalue weighted by atomic mass is 10.2. The van der Waals surface area contributed by atoms with Crippen molar-refractivity contribution in [3.8, 4) is 0 Å². The highest BCUT2D eigenvalue weighted by atomic mass is 79.9. The van der Waals surface area contributed by atoms with E-state index in [1.165, 1.54) is 4.88 Å². The molecule has 2 rings (SSSR count). The van der Waals surface area contributed by atoms with Gasteiger partial charge < -0.3 is 5.32 Å². The minimum atomic E-state index is 0.0179. The fourth-order valence-electron chi connectivity index (χ4n) is 1.60. The highest BCUT2D eigenvalue weighted by Gasteiger charge is 2.05. The summed E-state index contributed by atoms with van der Waals surface area (Å²) in [5.74, 6) is 0.630. The number of anilines is 1. The summed E-state index contributed by atoms with van der Waals surface area (Å²) in [6.45, 7) is 0. The third-order valence-corrected chi connectivity index (χ3v) is 4.12. The topological polar surface area (TPSA) is 46.9 Å². The summed E-state index contributed by atoms with van der Waals surface area (Å²) >= 11 is 5.14. The number of amides is 1. The predicted octanol–water partition coefficient (Wildman–Crippen LogP) is 3.21. The Morgan fingerprint density at radius 1 is 1.50 bits per heavy atom. The summed E-state index contributed by atoms with van der Waals surface area (Å²) in [6.07, 6.45) is 4.11. The number of halogens is 1. The number of carbonyl (C=O) groups is 1. The van der Waals surface area contributed by atoms with E-state index in [1.54, 1.807) is 28.3 Å². The maximum Gasteiger partial charge on any atom is 0.225 e. The van der Waals surface area contributed by atoms with Gasteiger partial charge in [0.15, 0.2) is 5.82 Å². The van der Waals surface area contributed by atoms with Gasteiger partial charge in [-0.3, -0.25) is 9.48 Å². The van der Waals surface area contributed by atoms with Crippen LogP contribution < -0.4 is 5.32 Å². The molecule has 1 amide bonds. The molecule has 2 aromatic heterocycles. The molecule has 0 aliphatic rings. The molecule has 0 spiro atoms. The van der Waals surface area contributed by atoms with Crippen molar-refractivity contribution in [1.82, 2.24) is 9.78 Å². The monoisotopic (exact) mass is 327 g/mol. The lowest BCUT2D eigenvalue weighted by Crippen LogP contribution is -2.12. The molecule has 0 unspecified atom stereocenters. The molecule has 4 nitrogen and oxygen atoms in total. The number of nitrogens with one attached hydrogen (secondary N) is 1. The number of nitrogens with zero attached hydrogens (tertiary/aromatic N) is 2. The van der Waals surface area contributed by atoms with Crippen molar-refractivity contribution < 1.29 is 4.79 Å². The highest BCUT2D eigenvalue weighted by molar-refractivity contribution is 9.11. The molecule has 0 saturated heterocycles. The minimum Gasteiger partial charge on any atom is -0.309 e. The summed E-state index contributed by atoms with van der Waals surface area (Å²) in [4.78, 5) is 12.9. The van der Waals surface area contributed by atoms with E-state index in [0.717, 1.165) is 16.6 Å². The van der Waals surface area contributed by atoms with Gasteiger partial charge in [-0.15, -0.1) is 11.3 Å². The van der Waals surface area contributed by atoms with Crippen LogP contribution in [0.2, 0.25) is 0 Å². The zero-order valence-corrected chi connectivity index (χ0v) is 12.4. The maximum absolute atomic E-state index is 11.7. The molecule has 0 bridgehead atoms. The molecule has 18 heavy (non-hydrogen) atoms. The Bertz CT molecular complexity index is 535. The second-order valence-electron chi connectivity index (χ2n) is 3.98. The average molecular weight is 328 g/mol. The Hall–Kier alpha value is -1.14. The average Bonchev–Trinajstić information content (AvgIpc) is 2.88. The number of aryl methyl sites for hydroxylation is 2. The van der Waals surface area contributed by atoms with Crippen LogP contribution in [0.1, 0.15) is 17.7 Å². The summed E-state index contributed by atoms with van der Waals surface area (Å²) in [6, 6.07) is 5.91. The van der Waals surface area contributed by atoms with Crippen molar-refractivity contribution in [3.05, 3.63) is 33.1 Å². The van der Waals surface area contributed by atoms with Gasteiger partial charge in [-0.2, -0.15) is 5.10 Å².